The van der Waals surface area contributed by atoms with E-state index in [4.69, 9.17) is 4.74 Å². The third kappa shape index (κ3) is 3.69. The predicted molar refractivity (Wildman–Crippen MR) is 94.4 cm³/mol. The fourth-order valence-electron chi connectivity index (χ4n) is 3.03. The maximum absolute atomic E-state index is 13.0. The number of fused-ring (bicyclic) bond motifs is 1. The minimum absolute atomic E-state index is 0.00926. The zero-order chi connectivity index (χ0) is 18.1. The Balaban J connectivity index is 1.51. The number of amides is 2. The van der Waals surface area contributed by atoms with Gasteiger partial charge in [0, 0.05) is 29.9 Å². The van der Waals surface area contributed by atoms with E-state index in [1.165, 1.54) is 37.1 Å². The van der Waals surface area contributed by atoms with E-state index in [0.717, 1.165) is 12.1 Å². The average molecular weight is 354 g/mol. The van der Waals surface area contributed by atoms with Crippen molar-refractivity contribution in [1.29, 1.82) is 0 Å². The van der Waals surface area contributed by atoms with Gasteiger partial charge in [-0.3, -0.25) is 9.59 Å². The highest BCUT2D eigenvalue weighted by atomic mass is 19.1. The van der Waals surface area contributed by atoms with Gasteiger partial charge in [0.2, 0.25) is 0 Å². The van der Waals surface area contributed by atoms with Gasteiger partial charge >= 0.3 is 0 Å². The van der Waals surface area contributed by atoms with Gasteiger partial charge in [0.05, 0.1) is 0 Å². The summed E-state index contributed by atoms with van der Waals surface area (Å²) in [7, 11) is 0. The molecule has 134 valence electrons. The summed E-state index contributed by atoms with van der Waals surface area (Å²) in [6, 6.07) is 10.7. The minimum Gasteiger partial charge on any atom is -0.483 e. The molecule has 0 spiro atoms. The predicted octanol–water partition coefficient (Wildman–Crippen LogP) is 3.21. The second-order valence-corrected chi connectivity index (χ2v) is 6.79. The van der Waals surface area contributed by atoms with Gasteiger partial charge in [0.25, 0.3) is 11.8 Å². The zero-order valence-corrected chi connectivity index (χ0v) is 14.2. The summed E-state index contributed by atoms with van der Waals surface area (Å²) >= 11 is 0. The molecule has 0 bridgehead atoms. The third-order valence-corrected chi connectivity index (χ3v) is 4.67. The van der Waals surface area contributed by atoms with Crippen molar-refractivity contribution in [3.05, 3.63) is 59.4 Å². The Labute approximate surface area is 150 Å². The number of ether oxygens (including phenoxy) is 1. The van der Waals surface area contributed by atoms with Crippen LogP contribution in [-0.2, 0) is 11.3 Å². The standard InChI is InChI=1S/C20H19FN2O3/c21-16-5-3-14(4-6-16)20(25)22-17-7-8-18-15(9-17)11-23(10-13-1-2-13)19(24)12-26-18/h3-9,13H,1-2,10-12H2,(H,22,25). The van der Waals surface area contributed by atoms with Crippen molar-refractivity contribution in [2.45, 2.75) is 19.4 Å². The number of rotatable bonds is 4. The molecule has 4 rings (SSSR count). The second-order valence-electron chi connectivity index (χ2n) is 6.79. The molecule has 5 nitrogen and oxygen atoms in total. The van der Waals surface area contributed by atoms with Crippen LogP contribution in [0.2, 0.25) is 0 Å². The van der Waals surface area contributed by atoms with Crippen LogP contribution in [-0.4, -0.2) is 29.9 Å². The van der Waals surface area contributed by atoms with E-state index in [2.05, 4.69) is 5.32 Å². The van der Waals surface area contributed by atoms with Crippen molar-refractivity contribution in [3.63, 3.8) is 0 Å². The SMILES string of the molecule is O=C(Nc1ccc2c(c1)CN(CC1CC1)C(=O)CO2)c1ccc(F)cc1. The van der Waals surface area contributed by atoms with E-state index in [-0.39, 0.29) is 24.2 Å². The Hall–Kier alpha value is -2.89. The number of nitrogens with one attached hydrogen (secondary N) is 1. The summed E-state index contributed by atoms with van der Waals surface area (Å²) in [5.74, 6) is 0.554. The molecule has 0 unspecified atom stereocenters. The van der Waals surface area contributed by atoms with Crippen molar-refractivity contribution in [2.24, 2.45) is 5.92 Å². The van der Waals surface area contributed by atoms with Gasteiger partial charge in [-0.25, -0.2) is 4.39 Å². The molecule has 2 aliphatic rings. The highest BCUT2D eigenvalue weighted by Gasteiger charge is 2.29. The van der Waals surface area contributed by atoms with E-state index in [9.17, 15) is 14.0 Å². The molecule has 26 heavy (non-hydrogen) atoms. The number of hydrogen-bond acceptors (Lipinski definition) is 3. The lowest BCUT2D eigenvalue weighted by Gasteiger charge is -2.19. The topological polar surface area (TPSA) is 58.6 Å². The molecule has 1 saturated carbocycles. The Bertz CT molecular complexity index is 847. The van der Waals surface area contributed by atoms with Gasteiger partial charge < -0.3 is 15.0 Å². The molecule has 0 radical (unpaired) electrons. The molecule has 1 N–H and O–H groups in total. The normalized spacial score (nSPS) is 16.5. The molecule has 2 aromatic carbocycles. The van der Waals surface area contributed by atoms with Crippen LogP contribution < -0.4 is 10.1 Å². The number of halogens is 1. The maximum Gasteiger partial charge on any atom is 0.260 e. The monoisotopic (exact) mass is 354 g/mol. The van der Waals surface area contributed by atoms with Crippen molar-refractivity contribution in [1.82, 2.24) is 4.90 Å². The molecular weight excluding hydrogens is 335 g/mol. The molecule has 1 fully saturated rings. The minimum atomic E-state index is -0.385. The molecule has 0 aromatic heterocycles. The lowest BCUT2D eigenvalue weighted by atomic mass is 10.1. The third-order valence-electron chi connectivity index (χ3n) is 4.67. The second kappa shape index (κ2) is 6.78. The van der Waals surface area contributed by atoms with E-state index in [1.54, 1.807) is 12.1 Å². The lowest BCUT2D eigenvalue weighted by Crippen LogP contribution is -2.34. The molecule has 1 aliphatic carbocycles. The summed E-state index contributed by atoms with van der Waals surface area (Å²) in [6.07, 6.45) is 2.34. The number of carbonyl (C=O) groups excluding carboxylic acids is 2. The Morgan fingerprint density at radius 1 is 1.19 bits per heavy atom. The summed E-state index contributed by atoms with van der Waals surface area (Å²) in [5, 5.41) is 2.81. The van der Waals surface area contributed by atoms with E-state index in [1.807, 2.05) is 11.0 Å². The zero-order valence-electron chi connectivity index (χ0n) is 14.2. The summed E-state index contributed by atoms with van der Waals surface area (Å²) < 4.78 is 18.6. The number of carbonyl (C=O) groups is 2. The smallest absolute Gasteiger partial charge is 0.260 e. The number of hydrogen-bond donors (Lipinski definition) is 1. The van der Waals surface area contributed by atoms with Crippen LogP contribution in [0.1, 0.15) is 28.8 Å². The van der Waals surface area contributed by atoms with Gasteiger partial charge in [-0.2, -0.15) is 0 Å². The van der Waals surface area contributed by atoms with Crippen molar-refractivity contribution >= 4 is 17.5 Å². The van der Waals surface area contributed by atoms with E-state index < -0.39 is 0 Å². The van der Waals surface area contributed by atoms with E-state index >= 15 is 0 Å². The van der Waals surface area contributed by atoms with E-state index in [0.29, 0.717) is 29.5 Å². The number of nitrogens with zero attached hydrogens (tertiary/aromatic N) is 1. The van der Waals surface area contributed by atoms with Crippen LogP contribution in [0.4, 0.5) is 10.1 Å². The van der Waals surface area contributed by atoms with Crippen molar-refractivity contribution < 1.29 is 18.7 Å². The lowest BCUT2D eigenvalue weighted by molar-refractivity contribution is -0.133. The molecule has 1 aliphatic heterocycles. The Kier molecular flexibility index (Phi) is 4.32. The van der Waals surface area contributed by atoms with Crippen LogP contribution in [0.15, 0.2) is 42.5 Å². The van der Waals surface area contributed by atoms with Gasteiger partial charge in [0.15, 0.2) is 6.61 Å². The number of anilines is 1. The molecule has 1 heterocycles. The first kappa shape index (κ1) is 16.6. The molecule has 2 amide bonds. The first-order valence-electron chi connectivity index (χ1n) is 8.69. The molecule has 0 atom stereocenters. The fourth-order valence-corrected chi connectivity index (χ4v) is 3.03. The van der Waals surface area contributed by atoms with Crippen LogP contribution in [0.25, 0.3) is 0 Å². The van der Waals surface area contributed by atoms with Crippen LogP contribution in [0, 0.1) is 11.7 Å². The van der Waals surface area contributed by atoms with Gasteiger partial charge in [-0.1, -0.05) is 0 Å². The Morgan fingerprint density at radius 2 is 1.96 bits per heavy atom. The average Bonchev–Trinajstić information content (AvgIpc) is 3.45. The number of benzene rings is 2. The van der Waals surface area contributed by atoms with Crippen molar-refractivity contribution in [2.75, 3.05) is 18.5 Å². The van der Waals surface area contributed by atoms with Crippen LogP contribution in [0.3, 0.4) is 0 Å². The first-order valence-corrected chi connectivity index (χ1v) is 8.69. The fraction of sp³-hybridized carbons (Fsp3) is 0.300. The van der Waals surface area contributed by atoms with Crippen LogP contribution in [0.5, 0.6) is 5.75 Å². The Morgan fingerprint density at radius 3 is 2.69 bits per heavy atom. The van der Waals surface area contributed by atoms with Crippen LogP contribution >= 0.6 is 0 Å². The van der Waals surface area contributed by atoms with Gasteiger partial charge in [0.1, 0.15) is 11.6 Å². The summed E-state index contributed by atoms with van der Waals surface area (Å²) in [5.41, 5.74) is 1.86. The maximum atomic E-state index is 13.0. The molecular formula is C20H19FN2O3. The quantitative estimate of drug-likeness (QED) is 0.917. The van der Waals surface area contributed by atoms with Gasteiger partial charge in [-0.15, -0.1) is 0 Å². The van der Waals surface area contributed by atoms with Crippen molar-refractivity contribution in [3.8, 4) is 5.75 Å². The first-order chi connectivity index (χ1) is 12.6. The highest BCUT2D eigenvalue weighted by Crippen LogP contribution is 2.32. The van der Waals surface area contributed by atoms with Gasteiger partial charge in [-0.05, 0) is 61.2 Å². The molecule has 6 heteroatoms. The molecule has 2 aromatic rings. The largest absolute Gasteiger partial charge is 0.483 e. The summed E-state index contributed by atoms with van der Waals surface area (Å²) in [4.78, 5) is 26.4. The summed E-state index contributed by atoms with van der Waals surface area (Å²) in [6.45, 7) is 1.28. The highest BCUT2D eigenvalue weighted by molar-refractivity contribution is 6.04. The molecule has 0 saturated heterocycles.